The Balaban J connectivity index is 1.52. The molecule has 0 amide bonds. The van der Waals surface area contributed by atoms with Gasteiger partial charge in [-0.2, -0.15) is 0 Å². The first-order valence-electron chi connectivity index (χ1n) is 10.6. The summed E-state index contributed by atoms with van der Waals surface area (Å²) in [4.78, 5) is 0. The Morgan fingerprint density at radius 1 is 0.625 bits per heavy atom. The molecule has 0 aromatic rings. The van der Waals surface area contributed by atoms with E-state index in [2.05, 4.69) is 6.92 Å². The average molecular weight is 339 g/mol. The van der Waals surface area contributed by atoms with Crippen molar-refractivity contribution in [1.82, 2.24) is 0 Å². The summed E-state index contributed by atoms with van der Waals surface area (Å²) in [7, 11) is 0. The maximum absolute atomic E-state index is 11.0. The van der Waals surface area contributed by atoms with Gasteiger partial charge in [-0.3, -0.25) is 0 Å². The van der Waals surface area contributed by atoms with Crippen LogP contribution in [0.2, 0.25) is 0 Å². The fourth-order valence-electron chi connectivity index (χ4n) is 5.88. The van der Waals surface area contributed by atoms with Gasteiger partial charge in [-0.05, 0) is 107 Å². The third-order valence-electron chi connectivity index (χ3n) is 7.28. The molecule has 0 bridgehead atoms. The van der Waals surface area contributed by atoms with Gasteiger partial charge in [-0.25, -0.2) is 0 Å². The molecule has 0 aromatic heterocycles. The topological polar surface area (TPSA) is 60.7 Å². The highest BCUT2D eigenvalue weighted by molar-refractivity contribution is 4.89. The lowest BCUT2D eigenvalue weighted by atomic mass is 9.66. The van der Waals surface area contributed by atoms with Crippen LogP contribution in [-0.2, 0) is 0 Å². The van der Waals surface area contributed by atoms with Crippen molar-refractivity contribution in [3.8, 4) is 0 Å². The van der Waals surface area contributed by atoms with Crippen molar-refractivity contribution in [3.05, 3.63) is 0 Å². The van der Waals surface area contributed by atoms with E-state index in [0.29, 0.717) is 23.7 Å². The summed E-state index contributed by atoms with van der Waals surface area (Å²) >= 11 is 0. The van der Waals surface area contributed by atoms with E-state index in [-0.39, 0.29) is 18.3 Å². The molecule has 3 aliphatic carbocycles. The number of hydrogen-bond donors (Lipinski definition) is 3. The summed E-state index contributed by atoms with van der Waals surface area (Å²) in [5.74, 6) is 3.08. The molecule has 24 heavy (non-hydrogen) atoms. The third kappa shape index (κ3) is 4.95. The lowest BCUT2D eigenvalue weighted by Gasteiger charge is -2.42. The zero-order chi connectivity index (χ0) is 17.1. The van der Waals surface area contributed by atoms with Crippen molar-refractivity contribution >= 4 is 0 Å². The maximum Gasteiger partial charge on any atom is 0.0596 e. The smallest absolute Gasteiger partial charge is 0.0596 e. The fraction of sp³-hybridized carbons (Fsp3) is 1.00. The Kier molecular flexibility index (Phi) is 6.62. The van der Waals surface area contributed by atoms with Gasteiger partial charge in [0.15, 0.2) is 0 Å². The van der Waals surface area contributed by atoms with E-state index in [1.807, 2.05) is 0 Å². The monoisotopic (exact) mass is 338 g/mol. The van der Waals surface area contributed by atoms with Crippen LogP contribution in [0.4, 0.5) is 0 Å². The summed E-state index contributed by atoms with van der Waals surface area (Å²) in [6, 6.07) is 0. The molecule has 0 aromatic carbocycles. The molecule has 2 atom stereocenters. The standard InChI is InChI=1S/C21H38O3/c1-14-10-17(12-15-2-6-19(22)7-3-15)21(24)18(11-14)13-16-4-8-20(23)9-5-16/h14-24H,2-13H2,1H3. The number of aliphatic hydroxyl groups is 3. The van der Waals surface area contributed by atoms with E-state index in [1.54, 1.807) is 0 Å². The zero-order valence-corrected chi connectivity index (χ0v) is 15.4. The van der Waals surface area contributed by atoms with E-state index in [9.17, 15) is 15.3 Å². The summed E-state index contributed by atoms with van der Waals surface area (Å²) in [6.07, 6.45) is 12.8. The lowest BCUT2D eigenvalue weighted by molar-refractivity contribution is -0.0281. The second-order valence-corrected chi connectivity index (χ2v) is 9.41. The molecule has 0 spiro atoms. The second kappa shape index (κ2) is 8.51. The average Bonchev–Trinajstić information content (AvgIpc) is 2.56. The first-order valence-corrected chi connectivity index (χ1v) is 10.6. The minimum absolute atomic E-state index is 0.0779. The highest BCUT2D eigenvalue weighted by Gasteiger charge is 2.38. The van der Waals surface area contributed by atoms with Crippen LogP contribution >= 0.6 is 0 Å². The van der Waals surface area contributed by atoms with Crippen LogP contribution in [-0.4, -0.2) is 33.6 Å². The molecule has 3 nitrogen and oxygen atoms in total. The van der Waals surface area contributed by atoms with Crippen molar-refractivity contribution in [2.24, 2.45) is 29.6 Å². The van der Waals surface area contributed by atoms with Crippen LogP contribution in [0.15, 0.2) is 0 Å². The van der Waals surface area contributed by atoms with Crippen molar-refractivity contribution in [3.63, 3.8) is 0 Å². The van der Waals surface area contributed by atoms with Crippen LogP contribution in [0.3, 0.4) is 0 Å². The Hall–Kier alpha value is -0.120. The molecule has 0 aliphatic heterocycles. The minimum atomic E-state index is -0.125. The first kappa shape index (κ1) is 18.7. The third-order valence-corrected chi connectivity index (χ3v) is 7.28. The summed E-state index contributed by atoms with van der Waals surface area (Å²) in [6.45, 7) is 2.36. The molecule has 140 valence electrons. The van der Waals surface area contributed by atoms with Crippen molar-refractivity contribution in [1.29, 1.82) is 0 Å². The van der Waals surface area contributed by atoms with Gasteiger partial charge in [0.1, 0.15) is 0 Å². The van der Waals surface area contributed by atoms with Crippen molar-refractivity contribution in [2.75, 3.05) is 0 Å². The van der Waals surface area contributed by atoms with Crippen LogP contribution in [0.25, 0.3) is 0 Å². The van der Waals surface area contributed by atoms with Crippen molar-refractivity contribution in [2.45, 2.75) is 102 Å². The quantitative estimate of drug-likeness (QED) is 0.729. The molecular weight excluding hydrogens is 300 g/mol. The predicted octanol–water partition coefficient (Wildman–Crippen LogP) is 3.89. The molecule has 3 aliphatic rings. The highest BCUT2D eigenvalue weighted by Crippen LogP contribution is 2.43. The van der Waals surface area contributed by atoms with Gasteiger partial charge in [0, 0.05) is 0 Å². The van der Waals surface area contributed by atoms with Gasteiger partial charge in [-0.1, -0.05) is 6.92 Å². The summed E-state index contributed by atoms with van der Waals surface area (Å²) in [5, 5.41) is 30.4. The van der Waals surface area contributed by atoms with E-state index in [1.165, 1.54) is 12.8 Å². The Morgan fingerprint density at radius 3 is 1.38 bits per heavy atom. The van der Waals surface area contributed by atoms with E-state index < -0.39 is 0 Å². The number of rotatable bonds is 4. The van der Waals surface area contributed by atoms with Crippen LogP contribution in [0, 0.1) is 29.6 Å². The molecule has 3 rings (SSSR count). The number of aliphatic hydroxyl groups excluding tert-OH is 3. The lowest BCUT2D eigenvalue weighted by Crippen LogP contribution is -2.39. The second-order valence-electron chi connectivity index (χ2n) is 9.41. The maximum atomic E-state index is 11.0. The molecule has 3 N–H and O–H groups in total. The van der Waals surface area contributed by atoms with Gasteiger partial charge in [0.05, 0.1) is 18.3 Å². The Labute approximate surface area is 147 Å². The molecule has 0 radical (unpaired) electrons. The van der Waals surface area contributed by atoms with Gasteiger partial charge < -0.3 is 15.3 Å². The molecule has 2 unspecified atom stereocenters. The normalized spacial score (nSPS) is 47.5. The molecular formula is C21H38O3. The van der Waals surface area contributed by atoms with Gasteiger partial charge in [0.25, 0.3) is 0 Å². The largest absolute Gasteiger partial charge is 0.393 e. The molecule has 0 heterocycles. The van der Waals surface area contributed by atoms with Crippen LogP contribution in [0.5, 0.6) is 0 Å². The molecule has 3 heteroatoms. The Bertz CT molecular complexity index is 335. The van der Waals surface area contributed by atoms with Crippen molar-refractivity contribution < 1.29 is 15.3 Å². The molecule has 0 saturated heterocycles. The Morgan fingerprint density at radius 2 is 1.00 bits per heavy atom. The predicted molar refractivity (Wildman–Crippen MR) is 96.5 cm³/mol. The van der Waals surface area contributed by atoms with E-state index >= 15 is 0 Å². The van der Waals surface area contributed by atoms with Gasteiger partial charge in [0.2, 0.25) is 0 Å². The molecule has 3 saturated carbocycles. The zero-order valence-electron chi connectivity index (χ0n) is 15.4. The van der Waals surface area contributed by atoms with Gasteiger partial charge >= 0.3 is 0 Å². The van der Waals surface area contributed by atoms with Gasteiger partial charge in [-0.15, -0.1) is 0 Å². The van der Waals surface area contributed by atoms with E-state index in [0.717, 1.165) is 70.1 Å². The first-order chi connectivity index (χ1) is 11.5. The minimum Gasteiger partial charge on any atom is -0.393 e. The summed E-state index contributed by atoms with van der Waals surface area (Å²) < 4.78 is 0. The van der Waals surface area contributed by atoms with E-state index in [4.69, 9.17) is 0 Å². The number of hydrogen-bond acceptors (Lipinski definition) is 3. The fourth-order valence-corrected chi connectivity index (χ4v) is 5.88. The summed E-state index contributed by atoms with van der Waals surface area (Å²) in [5.41, 5.74) is 0. The SMILES string of the molecule is CC1CC(CC2CCC(O)CC2)C(O)C(CC2CCC(O)CC2)C1. The molecule has 3 fully saturated rings. The van der Waals surface area contributed by atoms with Crippen LogP contribution in [0.1, 0.15) is 84.0 Å². The van der Waals surface area contributed by atoms with Crippen LogP contribution < -0.4 is 0 Å². The highest BCUT2D eigenvalue weighted by atomic mass is 16.3.